The molecule has 0 radical (unpaired) electrons. The predicted octanol–water partition coefficient (Wildman–Crippen LogP) is 0.335. The number of rotatable bonds is 4. The van der Waals surface area contributed by atoms with Gasteiger partial charge in [0.2, 0.25) is 0 Å². The maximum Gasteiger partial charge on any atom is 0.252 e. The van der Waals surface area contributed by atoms with Crippen LogP contribution < -0.4 is 10.4 Å². The third kappa shape index (κ3) is 2.59. The second kappa shape index (κ2) is 4.79. The van der Waals surface area contributed by atoms with E-state index in [1.807, 2.05) is 0 Å². The number of benzene rings is 1. The fourth-order valence-electron chi connectivity index (χ4n) is 1.20. The molecule has 0 aliphatic heterocycles. The first-order valence-corrected chi connectivity index (χ1v) is 5.08. The molecule has 4 nitrogen and oxygen atoms in total. The zero-order chi connectivity index (χ0) is 12.2. The highest BCUT2D eigenvalue weighted by Crippen LogP contribution is 2.09. The van der Waals surface area contributed by atoms with Crippen molar-refractivity contribution in [1.82, 2.24) is 5.32 Å². The number of nitrogens with one attached hydrogen (secondary N) is 1. The van der Waals surface area contributed by atoms with Gasteiger partial charge in [0, 0.05) is 5.56 Å². The van der Waals surface area contributed by atoms with Gasteiger partial charge in [-0.15, -0.1) is 0 Å². The maximum atomic E-state index is 11.7. The van der Waals surface area contributed by atoms with Crippen LogP contribution in [0.3, 0.4) is 0 Å². The molecule has 4 heteroatoms. The van der Waals surface area contributed by atoms with Crippen molar-refractivity contribution in [3.05, 3.63) is 35.9 Å². The Morgan fingerprint density at radius 2 is 1.88 bits per heavy atom. The first-order chi connectivity index (χ1) is 7.49. The van der Waals surface area contributed by atoms with E-state index >= 15 is 0 Å². The van der Waals surface area contributed by atoms with Crippen LogP contribution in [0.5, 0.6) is 0 Å². The summed E-state index contributed by atoms with van der Waals surface area (Å²) in [5, 5.41) is 13.4. The number of carboxylic acids is 1. The lowest BCUT2D eigenvalue weighted by molar-refractivity contribution is -0.313. The van der Waals surface area contributed by atoms with Gasteiger partial charge in [-0.2, -0.15) is 0 Å². The average Bonchev–Trinajstić information content (AvgIpc) is 2.29. The van der Waals surface area contributed by atoms with E-state index in [2.05, 4.69) is 5.32 Å². The summed E-state index contributed by atoms with van der Waals surface area (Å²) in [6.45, 7) is 3.12. The zero-order valence-electron chi connectivity index (χ0n) is 9.32. The van der Waals surface area contributed by atoms with Crippen LogP contribution in [0.25, 0.3) is 0 Å². The molecule has 0 aliphatic rings. The van der Waals surface area contributed by atoms with Gasteiger partial charge in [-0.25, -0.2) is 0 Å². The number of carboxylic acid groups (broad SMARTS) is 1. The van der Waals surface area contributed by atoms with E-state index in [-0.39, 0.29) is 6.42 Å². The second-order valence-corrected chi connectivity index (χ2v) is 3.79. The summed E-state index contributed by atoms with van der Waals surface area (Å²) in [4.78, 5) is 22.6. The molecule has 0 saturated heterocycles. The van der Waals surface area contributed by atoms with Gasteiger partial charge in [0.1, 0.15) is 0 Å². The normalized spacial score (nSPS) is 13.9. The smallest absolute Gasteiger partial charge is 0.252 e. The highest BCUT2D eigenvalue weighted by molar-refractivity contribution is 5.97. The topological polar surface area (TPSA) is 69.2 Å². The standard InChI is InChI=1S/C12H15NO3/c1-3-12(2,11(15)16)13-10(14)9-7-5-4-6-8-9/h4-8H,3H2,1-2H3,(H,13,14)(H,15,16)/p-1/t12-/m1/s1. The summed E-state index contributed by atoms with van der Waals surface area (Å²) < 4.78 is 0. The predicted molar refractivity (Wildman–Crippen MR) is 57.6 cm³/mol. The van der Waals surface area contributed by atoms with Crippen molar-refractivity contribution in [2.75, 3.05) is 0 Å². The molecular weight excluding hydrogens is 206 g/mol. The van der Waals surface area contributed by atoms with Crippen molar-refractivity contribution in [3.8, 4) is 0 Å². The number of aliphatic carboxylic acids is 1. The average molecular weight is 220 g/mol. The van der Waals surface area contributed by atoms with E-state index in [9.17, 15) is 14.7 Å². The summed E-state index contributed by atoms with van der Waals surface area (Å²) in [6.07, 6.45) is 0.272. The Hall–Kier alpha value is -1.84. The van der Waals surface area contributed by atoms with Gasteiger partial charge in [-0.05, 0) is 25.5 Å². The van der Waals surface area contributed by atoms with Crippen molar-refractivity contribution in [1.29, 1.82) is 0 Å². The second-order valence-electron chi connectivity index (χ2n) is 3.79. The van der Waals surface area contributed by atoms with Gasteiger partial charge in [-0.3, -0.25) is 4.79 Å². The number of amides is 1. The minimum Gasteiger partial charge on any atom is -0.548 e. The Kier molecular flexibility index (Phi) is 3.66. The fraction of sp³-hybridized carbons (Fsp3) is 0.333. The van der Waals surface area contributed by atoms with Gasteiger partial charge in [0.15, 0.2) is 0 Å². The van der Waals surface area contributed by atoms with Crippen LogP contribution in [-0.4, -0.2) is 17.4 Å². The summed E-state index contributed by atoms with van der Waals surface area (Å²) >= 11 is 0. The Bertz CT molecular complexity index is 389. The largest absolute Gasteiger partial charge is 0.548 e. The van der Waals surface area contributed by atoms with Crippen LogP contribution in [0.1, 0.15) is 30.6 Å². The minimum absolute atomic E-state index is 0.272. The highest BCUT2D eigenvalue weighted by atomic mass is 16.4. The van der Waals surface area contributed by atoms with Crippen LogP contribution in [-0.2, 0) is 4.79 Å². The van der Waals surface area contributed by atoms with Crippen molar-refractivity contribution < 1.29 is 14.7 Å². The lowest BCUT2D eigenvalue weighted by atomic mass is 9.98. The van der Waals surface area contributed by atoms with E-state index in [4.69, 9.17) is 0 Å². The Labute approximate surface area is 94.3 Å². The molecule has 0 bridgehead atoms. The van der Waals surface area contributed by atoms with E-state index < -0.39 is 17.4 Å². The maximum absolute atomic E-state index is 11.7. The van der Waals surface area contributed by atoms with Crippen molar-refractivity contribution in [2.45, 2.75) is 25.8 Å². The molecule has 0 spiro atoms. The number of hydrogen-bond acceptors (Lipinski definition) is 3. The Morgan fingerprint density at radius 1 is 1.31 bits per heavy atom. The molecule has 0 aliphatic carbocycles. The van der Waals surface area contributed by atoms with Crippen LogP contribution in [0.2, 0.25) is 0 Å². The van der Waals surface area contributed by atoms with Gasteiger partial charge in [0.25, 0.3) is 5.91 Å². The summed E-state index contributed by atoms with van der Waals surface area (Å²) in [5.41, 5.74) is -0.893. The van der Waals surface area contributed by atoms with Crippen LogP contribution in [0.15, 0.2) is 30.3 Å². The molecular formula is C12H14NO3-. The lowest BCUT2D eigenvalue weighted by Gasteiger charge is -2.30. The molecule has 0 heterocycles. The molecule has 1 amide bonds. The third-order valence-electron chi connectivity index (χ3n) is 2.58. The quantitative estimate of drug-likeness (QED) is 0.795. The van der Waals surface area contributed by atoms with E-state index in [1.165, 1.54) is 6.92 Å². The summed E-state index contributed by atoms with van der Waals surface area (Å²) in [7, 11) is 0. The van der Waals surface area contributed by atoms with Gasteiger partial charge < -0.3 is 15.2 Å². The van der Waals surface area contributed by atoms with Crippen molar-refractivity contribution in [2.24, 2.45) is 0 Å². The van der Waals surface area contributed by atoms with Crippen molar-refractivity contribution >= 4 is 11.9 Å². The molecule has 86 valence electrons. The van der Waals surface area contributed by atoms with Crippen molar-refractivity contribution in [3.63, 3.8) is 0 Å². The number of carbonyl (C=O) groups excluding carboxylic acids is 2. The Morgan fingerprint density at radius 3 is 2.31 bits per heavy atom. The SMILES string of the molecule is CC[C@@](C)(NC(=O)c1ccccc1)C(=O)[O-]. The molecule has 0 aromatic heterocycles. The summed E-state index contributed by atoms with van der Waals surface area (Å²) in [6, 6.07) is 8.48. The monoisotopic (exact) mass is 220 g/mol. The molecule has 16 heavy (non-hydrogen) atoms. The fourth-order valence-corrected chi connectivity index (χ4v) is 1.20. The Balaban J connectivity index is 2.82. The zero-order valence-corrected chi connectivity index (χ0v) is 9.32. The molecule has 1 aromatic carbocycles. The van der Waals surface area contributed by atoms with Gasteiger partial charge in [0.05, 0.1) is 11.5 Å². The molecule has 1 aromatic rings. The molecule has 1 rings (SSSR count). The number of hydrogen-bond donors (Lipinski definition) is 1. The lowest BCUT2D eigenvalue weighted by Crippen LogP contribution is -2.57. The molecule has 1 N–H and O–H groups in total. The van der Waals surface area contributed by atoms with Gasteiger partial charge in [-0.1, -0.05) is 25.1 Å². The molecule has 1 atom stereocenters. The van der Waals surface area contributed by atoms with E-state index in [0.717, 1.165) is 0 Å². The summed E-state index contributed by atoms with van der Waals surface area (Å²) in [5.74, 6) is -1.69. The minimum atomic E-state index is -1.33. The van der Waals surface area contributed by atoms with E-state index in [0.29, 0.717) is 5.56 Å². The molecule has 0 fully saturated rings. The van der Waals surface area contributed by atoms with Gasteiger partial charge >= 0.3 is 0 Å². The third-order valence-corrected chi connectivity index (χ3v) is 2.58. The highest BCUT2D eigenvalue weighted by Gasteiger charge is 2.26. The molecule has 0 unspecified atom stereocenters. The number of carbonyl (C=O) groups is 2. The van der Waals surface area contributed by atoms with Crippen LogP contribution in [0.4, 0.5) is 0 Å². The first kappa shape index (κ1) is 12.2. The molecule has 0 saturated carbocycles. The van der Waals surface area contributed by atoms with Crippen LogP contribution >= 0.6 is 0 Å². The van der Waals surface area contributed by atoms with E-state index in [1.54, 1.807) is 37.3 Å². The van der Waals surface area contributed by atoms with Crippen LogP contribution in [0, 0.1) is 0 Å². The first-order valence-electron chi connectivity index (χ1n) is 5.08.